The van der Waals surface area contributed by atoms with Gasteiger partial charge in [0.2, 0.25) is 0 Å². The molecule has 0 aromatic heterocycles. The molecule has 1 saturated carbocycles. The Morgan fingerprint density at radius 1 is 1.06 bits per heavy atom. The number of nitrogens with zero attached hydrogens (tertiary/aromatic N) is 1. The van der Waals surface area contributed by atoms with Gasteiger partial charge in [0.1, 0.15) is 0 Å². The van der Waals surface area contributed by atoms with Gasteiger partial charge in [0, 0.05) is 19.1 Å². The summed E-state index contributed by atoms with van der Waals surface area (Å²) in [6.45, 7) is 9.80. The van der Waals surface area contributed by atoms with E-state index in [0.717, 1.165) is 17.9 Å². The van der Waals surface area contributed by atoms with Gasteiger partial charge in [-0.25, -0.2) is 0 Å². The first kappa shape index (κ1) is 14.3. The van der Waals surface area contributed by atoms with Crippen LogP contribution in [0.25, 0.3) is 0 Å². The second-order valence-electron chi connectivity index (χ2n) is 6.90. The molecule has 2 fully saturated rings. The number of hydrogen-bond acceptors (Lipinski definition) is 2. The van der Waals surface area contributed by atoms with Gasteiger partial charge in [-0.1, -0.05) is 33.1 Å². The van der Waals surface area contributed by atoms with E-state index >= 15 is 0 Å². The van der Waals surface area contributed by atoms with E-state index < -0.39 is 0 Å². The molecule has 2 rings (SSSR count). The topological polar surface area (TPSA) is 15.3 Å². The predicted octanol–water partition coefficient (Wildman–Crippen LogP) is 3.28. The standard InChI is InChI=1S/C16H32N2/c1-14(2)11-17-16-9-6-10-18(13-16)12-15-7-4-3-5-8-15/h14-17H,3-13H2,1-2H3. The van der Waals surface area contributed by atoms with Gasteiger partial charge in [-0.2, -0.15) is 0 Å². The van der Waals surface area contributed by atoms with Crippen LogP contribution in [0.15, 0.2) is 0 Å². The lowest BCUT2D eigenvalue weighted by atomic mass is 9.88. The molecule has 2 nitrogen and oxygen atoms in total. The van der Waals surface area contributed by atoms with Gasteiger partial charge in [0.25, 0.3) is 0 Å². The number of likely N-dealkylation sites (tertiary alicyclic amines) is 1. The maximum absolute atomic E-state index is 3.75. The molecular formula is C16H32N2. The van der Waals surface area contributed by atoms with Gasteiger partial charge in [-0.15, -0.1) is 0 Å². The minimum Gasteiger partial charge on any atom is -0.312 e. The van der Waals surface area contributed by atoms with Gasteiger partial charge in [0.05, 0.1) is 0 Å². The van der Waals surface area contributed by atoms with E-state index in [1.807, 2.05) is 0 Å². The Morgan fingerprint density at radius 3 is 2.56 bits per heavy atom. The average molecular weight is 252 g/mol. The molecule has 106 valence electrons. The highest BCUT2D eigenvalue weighted by Gasteiger charge is 2.23. The molecular weight excluding hydrogens is 220 g/mol. The highest BCUT2D eigenvalue weighted by Crippen LogP contribution is 2.25. The van der Waals surface area contributed by atoms with Gasteiger partial charge in [-0.05, 0) is 50.6 Å². The zero-order chi connectivity index (χ0) is 12.8. The van der Waals surface area contributed by atoms with Crippen LogP contribution in [0.2, 0.25) is 0 Å². The molecule has 0 radical (unpaired) electrons. The second kappa shape index (κ2) is 7.49. The third kappa shape index (κ3) is 4.89. The van der Waals surface area contributed by atoms with Gasteiger partial charge < -0.3 is 10.2 Å². The summed E-state index contributed by atoms with van der Waals surface area (Å²) < 4.78 is 0. The molecule has 0 spiro atoms. The van der Waals surface area contributed by atoms with E-state index in [4.69, 9.17) is 0 Å². The molecule has 1 N–H and O–H groups in total. The van der Waals surface area contributed by atoms with Gasteiger partial charge >= 0.3 is 0 Å². The molecule has 2 aliphatic rings. The Bertz CT molecular complexity index is 221. The van der Waals surface area contributed by atoms with Crippen LogP contribution in [0.5, 0.6) is 0 Å². The van der Waals surface area contributed by atoms with Gasteiger partial charge in [-0.3, -0.25) is 0 Å². The maximum Gasteiger partial charge on any atom is 0.0195 e. The molecule has 0 aromatic rings. The first-order valence-electron chi connectivity index (χ1n) is 8.20. The fraction of sp³-hybridized carbons (Fsp3) is 1.00. The molecule has 1 heterocycles. The molecule has 1 unspecified atom stereocenters. The van der Waals surface area contributed by atoms with Crippen molar-refractivity contribution in [2.24, 2.45) is 11.8 Å². The summed E-state index contributed by atoms with van der Waals surface area (Å²) >= 11 is 0. The number of piperidine rings is 1. The maximum atomic E-state index is 3.75. The highest BCUT2D eigenvalue weighted by atomic mass is 15.2. The van der Waals surface area contributed by atoms with E-state index in [1.165, 1.54) is 71.1 Å². The summed E-state index contributed by atoms with van der Waals surface area (Å²) in [4.78, 5) is 2.73. The van der Waals surface area contributed by atoms with Crippen molar-refractivity contribution in [2.45, 2.75) is 64.8 Å². The molecule has 0 aromatic carbocycles. The normalized spacial score (nSPS) is 27.8. The summed E-state index contributed by atoms with van der Waals surface area (Å²) in [6.07, 6.45) is 10.2. The van der Waals surface area contributed by atoms with Crippen LogP contribution in [0, 0.1) is 11.8 Å². The van der Waals surface area contributed by atoms with Crippen molar-refractivity contribution >= 4 is 0 Å². The number of hydrogen-bond donors (Lipinski definition) is 1. The zero-order valence-corrected chi connectivity index (χ0v) is 12.5. The Balaban J connectivity index is 1.68. The van der Waals surface area contributed by atoms with Crippen molar-refractivity contribution in [1.29, 1.82) is 0 Å². The summed E-state index contributed by atoms with van der Waals surface area (Å²) in [5.74, 6) is 1.78. The molecule has 0 amide bonds. The fourth-order valence-electron chi connectivity index (χ4n) is 3.53. The lowest BCUT2D eigenvalue weighted by molar-refractivity contribution is 0.148. The Hall–Kier alpha value is -0.0800. The first-order chi connectivity index (χ1) is 8.74. The molecule has 1 aliphatic heterocycles. The molecule has 1 saturated heterocycles. The lowest BCUT2D eigenvalue weighted by Gasteiger charge is -2.36. The minimum atomic E-state index is 0.754. The fourth-order valence-corrected chi connectivity index (χ4v) is 3.53. The van der Waals surface area contributed by atoms with Crippen LogP contribution in [-0.4, -0.2) is 37.1 Å². The summed E-state index contributed by atoms with van der Waals surface area (Å²) in [7, 11) is 0. The van der Waals surface area contributed by atoms with Crippen molar-refractivity contribution in [2.75, 3.05) is 26.2 Å². The number of nitrogens with one attached hydrogen (secondary N) is 1. The van der Waals surface area contributed by atoms with Crippen molar-refractivity contribution in [3.63, 3.8) is 0 Å². The zero-order valence-electron chi connectivity index (χ0n) is 12.5. The monoisotopic (exact) mass is 252 g/mol. The van der Waals surface area contributed by atoms with E-state index in [9.17, 15) is 0 Å². The van der Waals surface area contributed by atoms with E-state index in [-0.39, 0.29) is 0 Å². The SMILES string of the molecule is CC(C)CNC1CCCN(CC2CCCCC2)C1. The third-order valence-corrected chi connectivity index (χ3v) is 4.56. The van der Waals surface area contributed by atoms with Crippen LogP contribution in [0.4, 0.5) is 0 Å². The molecule has 18 heavy (non-hydrogen) atoms. The quantitative estimate of drug-likeness (QED) is 0.808. The van der Waals surface area contributed by atoms with Crippen LogP contribution in [-0.2, 0) is 0 Å². The van der Waals surface area contributed by atoms with Crippen LogP contribution < -0.4 is 5.32 Å². The Kier molecular flexibility index (Phi) is 5.97. The first-order valence-corrected chi connectivity index (χ1v) is 8.20. The third-order valence-electron chi connectivity index (χ3n) is 4.56. The lowest BCUT2D eigenvalue weighted by Crippen LogP contribution is -2.47. The summed E-state index contributed by atoms with van der Waals surface area (Å²) in [5, 5.41) is 3.75. The Morgan fingerprint density at radius 2 is 1.83 bits per heavy atom. The number of rotatable bonds is 5. The molecule has 1 aliphatic carbocycles. The molecule has 2 heteroatoms. The van der Waals surface area contributed by atoms with Crippen molar-refractivity contribution in [1.82, 2.24) is 10.2 Å². The van der Waals surface area contributed by atoms with Crippen molar-refractivity contribution in [3.8, 4) is 0 Å². The summed E-state index contributed by atoms with van der Waals surface area (Å²) in [6, 6.07) is 0.754. The average Bonchev–Trinajstić information content (AvgIpc) is 2.38. The largest absolute Gasteiger partial charge is 0.312 e. The van der Waals surface area contributed by atoms with E-state index in [0.29, 0.717) is 0 Å². The second-order valence-corrected chi connectivity index (χ2v) is 6.90. The van der Waals surface area contributed by atoms with E-state index in [2.05, 4.69) is 24.1 Å². The summed E-state index contributed by atoms with van der Waals surface area (Å²) in [5.41, 5.74) is 0. The Labute approximate surface area is 114 Å². The van der Waals surface area contributed by atoms with Crippen LogP contribution in [0.1, 0.15) is 58.8 Å². The molecule has 0 bridgehead atoms. The van der Waals surface area contributed by atoms with E-state index in [1.54, 1.807) is 0 Å². The highest BCUT2D eigenvalue weighted by molar-refractivity contribution is 4.80. The van der Waals surface area contributed by atoms with Gasteiger partial charge in [0.15, 0.2) is 0 Å². The minimum absolute atomic E-state index is 0.754. The van der Waals surface area contributed by atoms with Crippen molar-refractivity contribution in [3.05, 3.63) is 0 Å². The molecule has 1 atom stereocenters. The van der Waals surface area contributed by atoms with Crippen LogP contribution >= 0.6 is 0 Å². The smallest absolute Gasteiger partial charge is 0.0195 e. The predicted molar refractivity (Wildman–Crippen MR) is 78.9 cm³/mol. The van der Waals surface area contributed by atoms with Crippen LogP contribution in [0.3, 0.4) is 0 Å². The van der Waals surface area contributed by atoms with Crippen molar-refractivity contribution < 1.29 is 0 Å².